The van der Waals surface area contributed by atoms with Crippen LogP contribution >= 0.6 is 0 Å². The maximum absolute atomic E-state index is 13.0. The second kappa shape index (κ2) is 8.89. The highest BCUT2D eigenvalue weighted by Gasteiger charge is 2.37. The van der Waals surface area contributed by atoms with E-state index in [-0.39, 0.29) is 11.2 Å². The average Bonchev–Trinajstić information content (AvgIpc) is 3.72. The fourth-order valence-electron chi connectivity index (χ4n) is 4.46. The van der Waals surface area contributed by atoms with Gasteiger partial charge in [-0.05, 0) is 66.6 Å². The lowest BCUT2D eigenvalue weighted by Gasteiger charge is -2.38. The van der Waals surface area contributed by atoms with Crippen molar-refractivity contribution in [2.45, 2.75) is 36.5 Å². The fraction of sp³-hybridized carbons (Fsp3) is 0.296. The molecule has 1 amide bonds. The number of amides is 1. The molecule has 34 heavy (non-hydrogen) atoms. The Balaban J connectivity index is 1.21. The first-order valence-corrected chi connectivity index (χ1v) is 13.2. The van der Waals surface area contributed by atoms with E-state index in [4.69, 9.17) is 0 Å². The molecule has 0 unspecified atom stereocenters. The lowest BCUT2D eigenvalue weighted by molar-refractivity contribution is -0.0211. The summed E-state index contributed by atoms with van der Waals surface area (Å²) in [5, 5.41) is 11.0. The molecule has 0 bridgehead atoms. The van der Waals surface area contributed by atoms with Crippen LogP contribution in [0.25, 0.3) is 11.1 Å². The molecule has 1 aliphatic heterocycles. The second-order valence-corrected chi connectivity index (χ2v) is 11.2. The van der Waals surface area contributed by atoms with E-state index in [0.717, 1.165) is 16.7 Å². The molecule has 0 atom stereocenters. The van der Waals surface area contributed by atoms with Crippen molar-refractivity contribution in [3.63, 3.8) is 0 Å². The molecule has 1 saturated carbocycles. The summed E-state index contributed by atoms with van der Waals surface area (Å²) in [5.74, 6) is -0.113. The van der Waals surface area contributed by atoms with Gasteiger partial charge >= 0.3 is 0 Å². The van der Waals surface area contributed by atoms with E-state index in [0.29, 0.717) is 50.0 Å². The van der Waals surface area contributed by atoms with Gasteiger partial charge in [0.2, 0.25) is 10.0 Å². The number of hydrogen-bond acceptors (Lipinski definition) is 4. The van der Waals surface area contributed by atoms with Crippen LogP contribution in [0.3, 0.4) is 0 Å². The van der Waals surface area contributed by atoms with Gasteiger partial charge in [-0.1, -0.05) is 54.6 Å². The van der Waals surface area contributed by atoms with Gasteiger partial charge < -0.3 is 10.0 Å². The van der Waals surface area contributed by atoms with Gasteiger partial charge in [0.05, 0.1) is 10.9 Å². The van der Waals surface area contributed by atoms with Crippen molar-refractivity contribution in [3.05, 3.63) is 90.0 Å². The van der Waals surface area contributed by atoms with Gasteiger partial charge in [-0.15, -0.1) is 0 Å². The topological polar surface area (TPSA) is 86.7 Å². The highest BCUT2D eigenvalue weighted by molar-refractivity contribution is 7.93. The van der Waals surface area contributed by atoms with Crippen LogP contribution < -0.4 is 4.72 Å². The fourth-order valence-corrected chi connectivity index (χ4v) is 5.85. The first kappa shape index (κ1) is 22.6. The van der Waals surface area contributed by atoms with Gasteiger partial charge in [0.1, 0.15) is 0 Å². The highest BCUT2D eigenvalue weighted by atomic mass is 32.2. The summed E-state index contributed by atoms with van der Waals surface area (Å²) in [4.78, 5) is 14.7. The van der Waals surface area contributed by atoms with Crippen molar-refractivity contribution < 1.29 is 18.3 Å². The molecule has 2 aliphatic rings. The summed E-state index contributed by atoms with van der Waals surface area (Å²) >= 11 is 0. The normalized spacial score (nSPS) is 17.9. The number of likely N-dealkylation sites (tertiary alicyclic amines) is 1. The minimum atomic E-state index is -3.32. The zero-order chi connectivity index (χ0) is 23.8. The molecule has 6 nitrogen and oxygen atoms in total. The molecule has 1 heterocycles. The maximum atomic E-state index is 13.0. The zero-order valence-electron chi connectivity index (χ0n) is 18.9. The van der Waals surface area contributed by atoms with Crippen molar-refractivity contribution in [1.29, 1.82) is 0 Å². The number of anilines is 1. The Kier molecular flexibility index (Phi) is 5.91. The quantitative estimate of drug-likeness (QED) is 0.553. The number of sulfonamides is 1. The van der Waals surface area contributed by atoms with Crippen molar-refractivity contribution in [1.82, 2.24) is 4.90 Å². The number of nitrogens with one attached hydrogen (secondary N) is 1. The molecular weight excluding hydrogens is 448 g/mol. The first-order chi connectivity index (χ1) is 16.3. The van der Waals surface area contributed by atoms with Gasteiger partial charge in [0.15, 0.2) is 0 Å². The molecule has 0 radical (unpaired) electrons. The second-order valence-electron chi connectivity index (χ2n) is 9.19. The molecule has 3 aromatic carbocycles. The zero-order valence-corrected chi connectivity index (χ0v) is 19.7. The van der Waals surface area contributed by atoms with Crippen LogP contribution in [0.2, 0.25) is 0 Å². The number of carbonyl (C=O) groups is 1. The number of aliphatic hydroxyl groups is 1. The number of piperidine rings is 1. The molecule has 2 fully saturated rings. The van der Waals surface area contributed by atoms with Crippen molar-refractivity contribution in [2.24, 2.45) is 0 Å². The Hall–Kier alpha value is -3.16. The van der Waals surface area contributed by atoms with Crippen LogP contribution in [0.5, 0.6) is 0 Å². The molecular formula is C27H28N2O4S. The van der Waals surface area contributed by atoms with Gasteiger partial charge in [-0.3, -0.25) is 9.52 Å². The monoisotopic (exact) mass is 476 g/mol. The van der Waals surface area contributed by atoms with E-state index in [9.17, 15) is 18.3 Å². The highest BCUT2D eigenvalue weighted by Crippen LogP contribution is 2.35. The molecule has 7 heteroatoms. The van der Waals surface area contributed by atoms with E-state index >= 15 is 0 Å². The third kappa shape index (κ3) is 4.72. The summed E-state index contributed by atoms with van der Waals surface area (Å²) < 4.78 is 26.8. The number of nitrogens with zero attached hydrogens (tertiary/aromatic N) is 1. The number of rotatable bonds is 6. The summed E-state index contributed by atoms with van der Waals surface area (Å²) in [6.45, 7) is 0.900. The molecule has 2 N–H and O–H groups in total. The van der Waals surface area contributed by atoms with E-state index in [1.807, 2.05) is 42.5 Å². The lowest BCUT2D eigenvalue weighted by atomic mass is 9.83. The molecule has 0 aromatic heterocycles. The SMILES string of the molecule is O=C(c1ccc(NS(=O)(=O)C2CC2)cc1)N1CCC(O)(c2ccc(-c3ccccc3)cc2)CC1. The van der Waals surface area contributed by atoms with Gasteiger partial charge in [-0.25, -0.2) is 8.42 Å². The van der Waals surface area contributed by atoms with Gasteiger partial charge in [-0.2, -0.15) is 0 Å². The average molecular weight is 477 g/mol. The van der Waals surface area contributed by atoms with Gasteiger partial charge in [0.25, 0.3) is 5.91 Å². The van der Waals surface area contributed by atoms with Crippen LogP contribution in [-0.2, 0) is 15.6 Å². The van der Waals surface area contributed by atoms with E-state index in [2.05, 4.69) is 16.9 Å². The Morgan fingerprint density at radius 1 is 0.853 bits per heavy atom. The molecule has 1 saturated heterocycles. The van der Waals surface area contributed by atoms with Crippen molar-refractivity contribution in [3.8, 4) is 11.1 Å². The predicted octanol–water partition coefficient (Wildman–Crippen LogP) is 4.38. The minimum Gasteiger partial charge on any atom is -0.385 e. The largest absolute Gasteiger partial charge is 0.385 e. The molecule has 0 spiro atoms. The van der Waals surface area contributed by atoms with Crippen LogP contribution in [0.15, 0.2) is 78.9 Å². The van der Waals surface area contributed by atoms with Crippen molar-refractivity contribution in [2.75, 3.05) is 17.8 Å². The Morgan fingerprint density at radius 3 is 2.03 bits per heavy atom. The minimum absolute atomic E-state index is 0.113. The van der Waals surface area contributed by atoms with Crippen LogP contribution in [0.1, 0.15) is 41.6 Å². The molecule has 1 aliphatic carbocycles. The molecule has 176 valence electrons. The summed E-state index contributed by atoms with van der Waals surface area (Å²) in [7, 11) is -3.32. The first-order valence-electron chi connectivity index (χ1n) is 11.6. The lowest BCUT2D eigenvalue weighted by Crippen LogP contribution is -2.45. The summed E-state index contributed by atoms with van der Waals surface area (Å²) in [6, 6.07) is 24.7. The molecule has 3 aromatic rings. The Morgan fingerprint density at radius 2 is 1.44 bits per heavy atom. The van der Waals surface area contributed by atoms with Crippen LogP contribution in [0, 0.1) is 0 Å². The van der Waals surface area contributed by atoms with Crippen molar-refractivity contribution >= 4 is 21.6 Å². The Labute approximate surface area is 200 Å². The van der Waals surface area contributed by atoms with Crippen LogP contribution in [0.4, 0.5) is 5.69 Å². The number of benzene rings is 3. The number of hydrogen-bond donors (Lipinski definition) is 2. The van der Waals surface area contributed by atoms with E-state index in [1.165, 1.54) is 0 Å². The third-order valence-corrected chi connectivity index (χ3v) is 8.63. The smallest absolute Gasteiger partial charge is 0.253 e. The summed E-state index contributed by atoms with van der Waals surface area (Å²) in [5.41, 5.74) is 3.11. The van der Waals surface area contributed by atoms with E-state index in [1.54, 1.807) is 29.2 Å². The Bertz CT molecular complexity index is 1260. The number of carbonyl (C=O) groups excluding carboxylic acids is 1. The van der Waals surface area contributed by atoms with Crippen LogP contribution in [-0.4, -0.2) is 42.7 Å². The van der Waals surface area contributed by atoms with Gasteiger partial charge in [0, 0.05) is 24.3 Å². The standard InChI is InChI=1S/C27H28N2O4S/c30-26(22-8-12-24(13-9-22)28-34(32,33)25-14-15-25)29-18-16-27(31,17-19-29)23-10-6-21(7-11-23)20-4-2-1-3-5-20/h1-13,25,28,31H,14-19H2. The summed E-state index contributed by atoms with van der Waals surface area (Å²) in [6.07, 6.45) is 2.32. The van der Waals surface area contributed by atoms with E-state index < -0.39 is 15.6 Å². The predicted molar refractivity (Wildman–Crippen MR) is 133 cm³/mol. The molecule has 5 rings (SSSR count). The maximum Gasteiger partial charge on any atom is 0.253 e. The third-order valence-electron chi connectivity index (χ3n) is 6.76.